The lowest BCUT2D eigenvalue weighted by atomic mass is 10.2. The topological polar surface area (TPSA) is 59.8 Å². The molecule has 0 atom stereocenters. The normalized spacial score (nSPS) is 10.4. The number of aromatic nitrogens is 3. The van der Waals surface area contributed by atoms with Crippen molar-refractivity contribution >= 4 is 5.91 Å². The van der Waals surface area contributed by atoms with Crippen LogP contribution in [0.25, 0.3) is 5.69 Å². The van der Waals surface area contributed by atoms with Gasteiger partial charge in [-0.3, -0.25) is 9.78 Å². The van der Waals surface area contributed by atoms with E-state index in [1.54, 1.807) is 23.1 Å². The highest BCUT2D eigenvalue weighted by molar-refractivity contribution is 5.93. The molecule has 2 heterocycles. The number of nitrogens with zero attached hydrogens (tertiary/aromatic N) is 3. The number of aryl methyl sites for hydroxylation is 1. The first-order valence-corrected chi connectivity index (χ1v) is 7.02. The summed E-state index contributed by atoms with van der Waals surface area (Å²) in [5.74, 6) is -0.139. The third-order valence-electron chi connectivity index (χ3n) is 3.28. The largest absolute Gasteiger partial charge is 0.348 e. The summed E-state index contributed by atoms with van der Waals surface area (Å²) in [5.41, 5.74) is 3.38. The van der Waals surface area contributed by atoms with Crippen molar-refractivity contribution in [3.05, 3.63) is 77.9 Å². The summed E-state index contributed by atoms with van der Waals surface area (Å²) in [5, 5.41) is 7.17. The molecular formula is C17H16N4O. The minimum absolute atomic E-state index is 0.139. The van der Waals surface area contributed by atoms with Gasteiger partial charge >= 0.3 is 0 Å². The Morgan fingerprint density at radius 3 is 2.68 bits per heavy atom. The van der Waals surface area contributed by atoms with Gasteiger partial charge in [-0.15, -0.1) is 0 Å². The molecule has 0 unspecified atom stereocenters. The number of amides is 1. The first-order valence-electron chi connectivity index (χ1n) is 7.02. The standard InChI is InChI=1S/C17H16N4O/c1-13-7-8-15(11-18-13)17(22)19-9-14-10-20-21(12-14)16-5-3-2-4-6-16/h2-8,10-12H,9H2,1H3,(H,19,22). The van der Waals surface area contributed by atoms with Crippen LogP contribution >= 0.6 is 0 Å². The predicted molar refractivity (Wildman–Crippen MR) is 83.7 cm³/mol. The van der Waals surface area contributed by atoms with Crippen molar-refractivity contribution in [3.8, 4) is 5.69 Å². The van der Waals surface area contributed by atoms with Crippen molar-refractivity contribution in [2.45, 2.75) is 13.5 Å². The highest BCUT2D eigenvalue weighted by atomic mass is 16.1. The quantitative estimate of drug-likeness (QED) is 0.803. The zero-order valence-electron chi connectivity index (χ0n) is 12.2. The Morgan fingerprint density at radius 2 is 1.95 bits per heavy atom. The van der Waals surface area contributed by atoms with Gasteiger partial charge in [0.05, 0.1) is 17.4 Å². The van der Waals surface area contributed by atoms with Crippen molar-refractivity contribution in [1.82, 2.24) is 20.1 Å². The number of pyridine rings is 1. The number of hydrogen-bond donors (Lipinski definition) is 1. The monoisotopic (exact) mass is 292 g/mol. The van der Waals surface area contributed by atoms with E-state index in [4.69, 9.17) is 0 Å². The van der Waals surface area contributed by atoms with Crippen LogP contribution in [0.5, 0.6) is 0 Å². The SMILES string of the molecule is Cc1ccc(C(=O)NCc2cnn(-c3ccccc3)c2)cn1. The first-order chi connectivity index (χ1) is 10.7. The molecular weight excluding hydrogens is 276 g/mol. The molecule has 0 saturated carbocycles. The Hall–Kier alpha value is -2.95. The van der Waals surface area contributed by atoms with E-state index in [-0.39, 0.29) is 5.91 Å². The van der Waals surface area contributed by atoms with Crippen molar-refractivity contribution in [2.24, 2.45) is 0 Å². The molecule has 0 saturated heterocycles. The molecule has 1 aromatic carbocycles. The fourth-order valence-electron chi connectivity index (χ4n) is 2.06. The highest BCUT2D eigenvalue weighted by Crippen LogP contribution is 2.08. The molecule has 0 fully saturated rings. The van der Waals surface area contributed by atoms with Crippen molar-refractivity contribution in [2.75, 3.05) is 0 Å². The number of carbonyl (C=O) groups is 1. The number of nitrogens with one attached hydrogen (secondary N) is 1. The molecule has 3 rings (SSSR count). The van der Waals surface area contributed by atoms with Crippen LogP contribution in [0, 0.1) is 6.92 Å². The summed E-state index contributed by atoms with van der Waals surface area (Å²) in [6.45, 7) is 2.32. The lowest BCUT2D eigenvalue weighted by Gasteiger charge is -2.03. The van der Waals surface area contributed by atoms with E-state index in [0.717, 1.165) is 16.9 Å². The zero-order valence-corrected chi connectivity index (χ0v) is 12.2. The van der Waals surface area contributed by atoms with Gasteiger partial charge in [0.25, 0.3) is 5.91 Å². The van der Waals surface area contributed by atoms with Crippen molar-refractivity contribution in [3.63, 3.8) is 0 Å². The Balaban J connectivity index is 1.64. The molecule has 3 aromatic rings. The predicted octanol–water partition coefficient (Wildman–Crippen LogP) is 2.51. The molecule has 0 spiro atoms. The molecule has 1 N–H and O–H groups in total. The van der Waals surface area contributed by atoms with E-state index >= 15 is 0 Å². The van der Waals surface area contributed by atoms with Crippen LogP contribution in [-0.4, -0.2) is 20.7 Å². The maximum atomic E-state index is 12.0. The number of rotatable bonds is 4. The van der Waals surface area contributed by atoms with Gasteiger partial charge in [0, 0.05) is 30.2 Å². The Labute approximate surface area is 128 Å². The number of hydrogen-bond acceptors (Lipinski definition) is 3. The second kappa shape index (κ2) is 6.22. The van der Waals surface area contributed by atoms with Crippen LogP contribution in [0.4, 0.5) is 0 Å². The fourth-order valence-corrected chi connectivity index (χ4v) is 2.06. The van der Waals surface area contributed by atoms with Gasteiger partial charge in [-0.25, -0.2) is 4.68 Å². The smallest absolute Gasteiger partial charge is 0.253 e. The van der Waals surface area contributed by atoms with E-state index in [1.165, 1.54) is 0 Å². The summed E-state index contributed by atoms with van der Waals surface area (Å²) < 4.78 is 1.79. The van der Waals surface area contributed by atoms with E-state index in [1.807, 2.05) is 49.5 Å². The molecule has 1 amide bonds. The molecule has 0 aliphatic heterocycles. The number of para-hydroxylation sites is 1. The maximum Gasteiger partial charge on any atom is 0.253 e. The second-order valence-corrected chi connectivity index (χ2v) is 5.00. The Bertz CT molecular complexity index is 763. The molecule has 0 radical (unpaired) electrons. The zero-order chi connectivity index (χ0) is 15.4. The van der Waals surface area contributed by atoms with E-state index in [9.17, 15) is 4.79 Å². The molecule has 5 nitrogen and oxygen atoms in total. The first kappa shape index (κ1) is 14.0. The number of carbonyl (C=O) groups excluding carboxylic acids is 1. The second-order valence-electron chi connectivity index (χ2n) is 5.00. The van der Waals surface area contributed by atoms with Crippen LogP contribution in [0.1, 0.15) is 21.6 Å². The summed E-state index contributed by atoms with van der Waals surface area (Å²) in [6.07, 6.45) is 5.24. The molecule has 0 bridgehead atoms. The van der Waals surface area contributed by atoms with Crippen LogP contribution in [0.3, 0.4) is 0 Å². The van der Waals surface area contributed by atoms with E-state index in [2.05, 4.69) is 15.4 Å². The lowest BCUT2D eigenvalue weighted by Crippen LogP contribution is -2.22. The molecule has 0 aliphatic carbocycles. The van der Waals surface area contributed by atoms with Crippen molar-refractivity contribution < 1.29 is 4.79 Å². The highest BCUT2D eigenvalue weighted by Gasteiger charge is 2.06. The molecule has 0 aliphatic rings. The third-order valence-corrected chi connectivity index (χ3v) is 3.28. The van der Waals surface area contributed by atoms with Crippen LogP contribution in [0.15, 0.2) is 61.1 Å². The van der Waals surface area contributed by atoms with Gasteiger partial charge in [-0.1, -0.05) is 18.2 Å². The maximum absolute atomic E-state index is 12.0. The average molecular weight is 292 g/mol. The molecule has 22 heavy (non-hydrogen) atoms. The summed E-state index contributed by atoms with van der Waals surface area (Å²) >= 11 is 0. The summed E-state index contributed by atoms with van der Waals surface area (Å²) in [7, 11) is 0. The fraction of sp³-hybridized carbons (Fsp3) is 0.118. The van der Waals surface area contributed by atoms with Crippen LogP contribution < -0.4 is 5.32 Å². The van der Waals surface area contributed by atoms with Crippen molar-refractivity contribution in [1.29, 1.82) is 0 Å². The summed E-state index contributed by atoms with van der Waals surface area (Å²) in [6, 6.07) is 13.4. The van der Waals surface area contributed by atoms with Gasteiger partial charge in [0.15, 0.2) is 0 Å². The third kappa shape index (κ3) is 3.20. The number of benzene rings is 1. The van der Waals surface area contributed by atoms with Gasteiger partial charge in [0.2, 0.25) is 0 Å². The Kier molecular flexibility index (Phi) is 3.96. The van der Waals surface area contributed by atoms with Gasteiger partial charge < -0.3 is 5.32 Å². The van der Waals surface area contributed by atoms with E-state index < -0.39 is 0 Å². The molecule has 110 valence electrons. The van der Waals surface area contributed by atoms with Crippen LogP contribution in [-0.2, 0) is 6.54 Å². The minimum atomic E-state index is -0.139. The van der Waals surface area contributed by atoms with E-state index in [0.29, 0.717) is 12.1 Å². The Morgan fingerprint density at radius 1 is 1.14 bits per heavy atom. The summed E-state index contributed by atoms with van der Waals surface area (Å²) in [4.78, 5) is 16.1. The van der Waals surface area contributed by atoms with Gasteiger partial charge in [-0.2, -0.15) is 5.10 Å². The lowest BCUT2D eigenvalue weighted by molar-refractivity contribution is 0.0950. The minimum Gasteiger partial charge on any atom is -0.348 e. The van der Waals surface area contributed by atoms with Crippen LogP contribution in [0.2, 0.25) is 0 Å². The molecule has 5 heteroatoms. The van der Waals surface area contributed by atoms with Gasteiger partial charge in [-0.05, 0) is 31.2 Å². The molecule has 2 aromatic heterocycles. The average Bonchev–Trinajstić information content (AvgIpc) is 3.03. The van der Waals surface area contributed by atoms with Gasteiger partial charge in [0.1, 0.15) is 0 Å².